The normalized spacial score (nSPS) is 24.6. The number of Topliss-reactive ketones (excluding diaryl/α,β-unsaturated/α-hetero) is 1. The minimum Gasteiger partial charge on any atom is -0.454 e. The summed E-state index contributed by atoms with van der Waals surface area (Å²) in [5, 5.41) is 0. The Morgan fingerprint density at radius 3 is 2.94 bits per heavy atom. The first-order chi connectivity index (χ1) is 7.74. The molecule has 2 aliphatic rings. The van der Waals surface area contributed by atoms with E-state index in [1.807, 2.05) is 6.08 Å². The molecule has 1 aliphatic carbocycles. The quantitative estimate of drug-likeness (QED) is 0.343. The monoisotopic (exact) mass is 334 g/mol. The number of carbonyl (C=O) groups is 2. The predicted octanol–water partition coefficient (Wildman–Crippen LogP) is 2.09. The number of ketones is 1. The van der Waals surface area contributed by atoms with Gasteiger partial charge in [0.25, 0.3) is 0 Å². The second-order valence-electron chi connectivity index (χ2n) is 3.80. The molecular formula is C11H11IO4. The van der Waals surface area contributed by atoms with E-state index in [1.54, 1.807) is 23.0 Å². The second kappa shape index (κ2) is 4.99. The SMILES string of the molecule is O=C1OCC(OI)=C1C(=O)C1CC=CCC1. The second-order valence-corrected chi connectivity index (χ2v) is 4.24. The van der Waals surface area contributed by atoms with E-state index in [0.717, 1.165) is 12.8 Å². The highest BCUT2D eigenvalue weighted by Crippen LogP contribution is 2.27. The average Bonchev–Trinajstić information content (AvgIpc) is 2.70. The van der Waals surface area contributed by atoms with Gasteiger partial charge in [0.2, 0.25) is 0 Å². The van der Waals surface area contributed by atoms with E-state index in [1.165, 1.54) is 0 Å². The van der Waals surface area contributed by atoms with E-state index in [0.29, 0.717) is 12.2 Å². The first-order valence-corrected chi connectivity index (χ1v) is 6.00. The van der Waals surface area contributed by atoms with Crippen molar-refractivity contribution in [1.82, 2.24) is 0 Å². The molecule has 1 heterocycles. The summed E-state index contributed by atoms with van der Waals surface area (Å²) < 4.78 is 9.77. The minimum atomic E-state index is -0.550. The summed E-state index contributed by atoms with van der Waals surface area (Å²) in [6, 6.07) is 0. The molecule has 0 amide bonds. The van der Waals surface area contributed by atoms with E-state index < -0.39 is 5.97 Å². The van der Waals surface area contributed by atoms with E-state index >= 15 is 0 Å². The highest BCUT2D eigenvalue weighted by atomic mass is 127. The fraction of sp³-hybridized carbons (Fsp3) is 0.455. The number of rotatable bonds is 3. The Hall–Kier alpha value is -0.850. The van der Waals surface area contributed by atoms with E-state index in [2.05, 4.69) is 6.08 Å². The maximum absolute atomic E-state index is 12.1. The molecule has 0 saturated carbocycles. The lowest BCUT2D eigenvalue weighted by Crippen LogP contribution is -2.21. The summed E-state index contributed by atoms with van der Waals surface area (Å²) in [6.07, 6.45) is 6.42. The smallest absolute Gasteiger partial charge is 0.345 e. The molecule has 0 radical (unpaired) electrons. The summed E-state index contributed by atoms with van der Waals surface area (Å²) in [4.78, 5) is 23.5. The summed E-state index contributed by atoms with van der Waals surface area (Å²) in [6.45, 7) is 0.0748. The van der Waals surface area contributed by atoms with Crippen LogP contribution in [-0.4, -0.2) is 18.4 Å². The van der Waals surface area contributed by atoms with Gasteiger partial charge < -0.3 is 7.80 Å². The van der Waals surface area contributed by atoms with Crippen molar-refractivity contribution in [3.8, 4) is 0 Å². The largest absolute Gasteiger partial charge is 0.454 e. The van der Waals surface area contributed by atoms with Gasteiger partial charge in [-0.15, -0.1) is 0 Å². The number of halogens is 1. The highest BCUT2D eigenvalue weighted by Gasteiger charge is 2.35. The molecule has 0 spiro atoms. The maximum atomic E-state index is 12.1. The molecule has 0 fully saturated rings. The fourth-order valence-electron chi connectivity index (χ4n) is 1.92. The van der Waals surface area contributed by atoms with Crippen LogP contribution in [0.4, 0.5) is 0 Å². The van der Waals surface area contributed by atoms with Crippen molar-refractivity contribution in [2.45, 2.75) is 19.3 Å². The molecule has 86 valence electrons. The van der Waals surface area contributed by atoms with Gasteiger partial charge in [-0.25, -0.2) is 4.79 Å². The third-order valence-corrected chi connectivity index (χ3v) is 3.33. The van der Waals surface area contributed by atoms with Crippen molar-refractivity contribution in [3.05, 3.63) is 23.5 Å². The third-order valence-electron chi connectivity index (χ3n) is 2.80. The number of carbonyl (C=O) groups excluding carboxylic acids is 2. The molecule has 1 unspecified atom stereocenters. The molecule has 0 aromatic carbocycles. The molecule has 16 heavy (non-hydrogen) atoms. The molecule has 0 N–H and O–H groups in total. The lowest BCUT2D eigenvalue weighted by Gasteiger charge is -2.15. The maximum Gasteiger partial charge on any atom is 0.345 e. The van der Waals surface area contributed by atoms with Crippen LogP contribution >= 0.6 is 23.0 Å². The van der Waals surface area contributed by atoms with Crippen molar-refractivity contribution < 1.29 is 17.4 Å². The lowest BCUT2D eigenvalue weighted by molar-refractivity contribution is -0.137. The number of hydrogen-bond acceptors (Lipinski definition) is 4. The topological polar surface area (TPSA) is 52.6 Å². The molecule has 2 rings (SSSR count). The fourth-order valence-corrected chi connectivity index (χ4v) is 2.27. The van der Waals surface area contributed by atoms with Crippen LogP contribution in [0.15, 0.2) is 23.5 Å². The van der Waals surface area contributed by atoms with Crippen LogP contribution in [-0.2, 0) is 17.4 Å². The van der Waals surface area contributed by atoms with Crippen molar-refractivity contribution in [3.63, 3.8) is 0 Å². The Balaban J connectivity index is 2.19. The number of hydrogen-bond donors (Lipinski definition) is 0. The van der Waals surface area contributed by atoms with Crippen molar-refractivity contribution in [2.24, 2.45) is 5.92 Å². The molecule has 5 heteroatoms. The van der Waals surface area contributed by atoms with Crippen molar-refractivity contribution in [1.29, 1.82) is 0 Å². The van der Waals surface area contributed by atoms with Crippen LogP contribution in [0.2, 0.25) is 0 Å². The Morgan fingerprint density at radius 2 is 2.31 bits per heavy atom. The minimum absolute atomic E-state index is 0.0748. The zero-order valence-electron chi connectivity index (χ0n) is 8.57. The summed E-state index contributed by atoms with van der Waals surface area (Å²) in [5.41, 5.74) is 0.106. The van der Waals surface area contributed by atoms with Gasteiger partial charge in [-0.05, 0) is 19.3 Å². The Bertz CT molecular complexity index is 383. The van der Waals surface area contributed by atoms with Gasteiger partial charge in [-0.1, -0.05) is 12.2 Å². The first kappa shape index (κ1) is 11.6. The van der Waals surface area contributed by atoms with E-state index in [-0.39, 0.29) is 23.9 Å². The van der Waals surface area contributed by atoms with Gasteiger partial charge in [0, 0.05) is 5.92 Å². The molecular weight excluding hydrogens is 323 g/mol. The third kappa shape index (κ3) is 2.14. The molecule has 4 nitrogen and oxygen atoms in total. The summed E-state index contributed by atoms with van der Waals surface area (Å²) >= 11 is 1.66. The van der Waals surface area contributed by atoms with Gasteiger partial charge >= 0.3 is 5.97 Å². The van der Waals surface area contributed by atoms with Crippen LogP contribution in [0.25, 0.3) is 0 Å². The summed E-state index contributed by atoms with van der Waals surface area (Å²) in [5.74, 6) is -0.443. The van der Waals surface area contributed by atoms with Crippen LogP contribution in [0.1, 0.15) is 19.3 Å². The predicted molar refractivity (Wildman–Crippen MR) is 64.6 cm³/mol. The van der Waals surface area contributed by atoms with Crippen LogP contribution in [0, 0.1) is 5.92 Å². The molecule has 1 aliphatic heterocycles. The van der Waals surface area contributed by atoms with Crippen LogP contribution < -0.4 is 0 Å². The van der Waals surface area contributed by atoms with Crippen LogP contribution in [0.5, 0.6) is 0 Å². The molecule has 1 atom stereocenters. The van der Waals surface area contributed by atoms with Gasteiger partial charge in [0.15, 0.2) is 41.2 Å². The Kier molecular flexibility index (Phi) is 3.63. The molecule has 0 bridgehead atoms. The van der Waals surface area contributed by atoms with Gasteiger partial charge in [0.1, 0.15) is 5.57 Å². The summed E-state index contributed by atoms with van der Waals surface area (Å²) in [7, 11) is 0. The van der Waals surface area contributed by atoms with E-state index in [4.69, 9.17) is 7.80 Å². The van der Waals surface area contributed by atoms with Gasteiger partial charge in [-0.2, -0.15) is 0 Å². The lowest BCUT2D eigenvalue weighted by atomic mass is 9.87. The molecule has 0 saturated heterocycles. The van der Waals surface area contributed by atoms with Crippen molar-refractivity contribution >= 4 is 34.8 Å². The number of esters is 1. The number of cyclic esters (lactones) is 1. The van der Waals surface area contributed by atoms with Gasteiger partial charge in [0.05, 0.1) is 0 Å². The average molecular weight is 334 g/mol. The Morgan fingerprint density at radius 1 is 1.50 bits per heavy atom. The number of allylic oxidation sites excluding steroid dienone is 2. The van der Waals surface area contributed by atoms with Gasteiger partial charge in [-0.3, -0.25) is 4.79 Å². The zero-order chi connectivity index (χ0) is 11.5. The Labute approximate surface area is 107 Å². The first-order valence-electron chi connectivity index (χ1n) is 5.12. The highest BCUT2D eigenvalue weighted by molar-refractivity contribution is 14.1. The molecule has 0 aromatic heterocycles. The van der Waals surface area contributed by atoms with E-state index in [9.17, 15) is 9.59 Å². The van der Waals surface area contributed by atoms with Crippen LogP contribution in [0.3, 0.4) is 0 Å². The standard InChI is InChI=1S/C11H11IO4/c12-16-8-6-15-11(14)9(8)10(13)7-4-2-1-3-5-7/h1-2,7H,3-6H2. The zero-order valence-corrected chi connectivity index (χ0v) is 10.7. The van der Waals surface area contributed by atoms with Crippen molar-refractivity contribution in [2.75, 3.05) is 6.61 Å². The number of ether oxygens (including phenoxy) is 1. The molecule has 0 aromatic rings.